The average Bonchev–Trinajstić information content (AvgIpc) is 2.99. The van der Waals surface area contributed by atoms with Gasteiger partial charge in [-0.3, -0.25) is 0 Å². The summed E-state index contributed by atoms with van der Waals surface area (Å²) in [4.78, 5) is 15.4. The quantitative estimate of drug-likeness (QED) is 0.762. The van der Waals surface area contributed by atoms with Gasteiger partial charge in [0.1, 0.15) is 0 Å². The molecule has 0 bridgehead atoms. The summed E-state index contributed by atoms with van der Waals surface area (Å²) in [6.45, 7) is -1.52. The fourth-order valence-corrected chi connectivity index (χ4v) is 2.62. The Morgan fingerprint density at radius 2 is 1.96 bits per heavy atom. The Hall–Kier alpha value is -2.20. The lowest BCUT2D eigenvalue weighted by molar-refractivity contribution is -0.172. The highest BCUT2D eigenvalue weighted by atomic mass is 19.4. The number of ether oxygens (including phenoxy) is 1. The van der Waals surface area contributed by atoms with Crippen molar-refractivity contribution < 1.29 is 35.9 Å². The van der Waals surface area contributed by atoms with Crippen LogP contribution in [0.1, 0.15) is 24.8 Å². The number of hydrogen-bond donors (Lipinski definition) is 2. The molecular weight excluding hydrogens is 368 g/mol. The summed E-state index contributed by atoms with van der Waals surface area (Å²) in [6.07, 6.45) is -7.49. The van der Waals surface area contributed by atoms with Crippen LogP contribution in [-0.4, -0.2) is 36.0 Å². The van der Waals surface area contributed by atoms with Crippen LogP contribution in [0.2, 0.25) is 0 Å². The van der Waals surface area contributed by atoms with Crippen LogP contribution < -0.4 is 15.4 Å². The number of carbonyl (C=O) groups is 1. The predicted molar refractivity (Wildman–Crippen MR) is 78.3 cm³/mol. The van der Waals surface area contributed by atoms with Gasteiger partial charge in [0.25, 0.3) is 0 Å². The Morgan fingerprint density at radius 1 is 1.23 bits per heavy atom. The summed E-state index contributed by atoms with van der Waals surface area (Å²) in [5.74, 6) is -1.66. The second-order valence-corrected chi connectivity index (χ2v) is 5.98. The van der Waals surface area contributed by atoms with Crippen LogP contribution in [0.25, 0.3) is 0 Å². The lowest BCUT2D eigenvalue weighted by Gasteiger charge is -2.16. The van der Waals surface area contributed by atoms with Crippen molar-refractivity contribution in [3.05, 3.63) is 23.9 Å². The van der Waals surface area contributed by atoms with Crippen LogP contribution in [-0.2, 0) is 6.54 Å². The number of nitrogens with zero attached hydrogens (tertiary/aromatic N) is 1. The molecule has 2 amide bonds. The second kappa shape index (κ2) is 8.00. The van der Waals surface area contributed by atoms with E-state index in [9.17, 15) is 31.1 Å². The molecule has 0 saturated heterocycles. The molecular formula is C15H17F6N3O2. The molecule has 1 saturated carbocycles. The highest BCUT2D eigenvalue weighted by molar-refractivity contribution is 5.74. The Kier molecular flexibility index (Phi) is 6.19. The van der Waals surface area contributed by atoms with Crippen molar-refractivity contribution in [2.75, 3.05) is 6.61 Å². The molecule has 0 radical (unpaired) electrons. The number of carbonyl (C=O) groups excluding carboxylic acids is 1. The number of hydrogen-bond acceptors (Lipinski definition) is 3. The van der Waals surface area contributed by atoms with Crippen molar-refractivity contribution in [3.63, 3.8) is 0 Å². The van der Waals surface area contributed by atoms with E-state index in [0.29, 0.717) is 5.56 Å². The van der Waals surface area contributed by atoms with Gasteiger partial charge in [-0.15, -0.1) is 0 Å². The summed E-state index contributed by atoms with van der Waals surface area (Å²) < 4.78 is 78.6. The van der Waals surface area contributed by atoms with E-state index in [1.54, 1.807) is 0 Å². The zero-order valence-electron chi connectivity index (χ0n) is 13.5. The van der Waals surface area contributed by atoms with Crippen molar-refractivity contribution in [3.8, 4) is 5.88 Å². The minimum absolute atomic E-state index is 0.0291. The van der Waals surface area contributed by atoms with Crippen molar-refractivity contribution >= 4 is 6.03 Å². The molecule has 0 spiro atoms. The van der Waals surface area contributed by atoms with Crippen LogP contribution in [0.15, 0.2) is 18.3 Å². The van der Waals surface area contributed by atoms with Gasteiger partial charge in [0.2, 0.25) is 5.88 Å². The minimum Gasteiger partial charge on any atom is -0.468 e. The SMILES string of the molecule is O=C(NCc1ccnc(OCC(F)(F)F)c1)N[C@@H]1CC[C@H](C(F)(F)F)C1. The number of nitrogens with one attached hydrogen (secondary N) is 2. The third-order valence-corrected chi connectivity index (χ3v) is 3.87. The minimum atomic E-state index is -4.49. The van der Waals surface area contributed by atoms with Crippen LogP contribution in [0.4, 0.5) is 31.1 Å². The molecule has 1 heterocycles. The highest BCUT2D eigenvalue weighted by Gasteiger charge is 2.44. The molecule has 1 aliphatic carbocycles. The van der Waals surface area contributed by atoms with Gasteiger partial charge in [0.15, 0.2) is 6.61 Å². The van der Waals surface area contributed by atoms with E-state index in [2.05, 4.69) is 20.4 Å². The molecule has 146 valence electrons. The van der Waals surface area contributed by atoms with E-state index < -0.39 is 37.0 Å². The molecule has 2 N–H and O–H groups in total. The molecule has 26 heavy (non-hydrogen) atoms. The Morgan fingerprint density at radius 3 is 2.58 bits per heavy atom. The first-order valence-electron chi connectivity index (χ1n) is 7.78. The Bertz CT molecular complexity index is 620. The second-order valence-electron chi connectivity index (χ2n) is 5.98. The maximum absolute atomic E-state index is 12.6. The predicted octanol–water partition coefficient (Wildman–Crippen LogP) is 3.55. The molecule has 1 aromatic rings. The molecule has 1 aromatic heterocycles. The van der Waals surface area contributed by atoms with Crippen molar-refractivity contribution in [2.24, 2.45) is 5.92 Å². The summed E-state index contributed by atoms with van der Waals surface area (Å²) in [7, 11) is 0. The molecule has 1 fully saturated rings. The highest BCUT2D eigenvalue weighted by Crippen LogP contribution is 2.38. The Labute approximate surface area is 145 Å². The van der Waals surface area contributed by atoms with Crippen LogP contribution in [0.3, 0.4) is 0 Å². The van der Waals surface area contributed by atoms with Gasteiger partial charge in [-0.1, -0.05) is 0 Å². The Balaban J connectivity index is 1.77. The molecule has 11 heteroatoms. The topological polar surface area (TPSA) is 63.2 Å². The summed E-state index contributed by atoms with van der Waals surface area (Å²) in [6, 6.07) is 1.49. The van der Waals surface area contributed by atoms with Gasteiger partial charge in [-0.25, -0.2) is 9.78 Å². The van der Waals surface area contributed by atoms with E-state index in [0.717, 1.165) is 0 Å². The number of urea groups is 1. The molecule has 0 aliphatic heterocycles. The molecule has 0 aromatic carbocycles. The van der Waals surface area contributed by atoms with E-state index in [4.69, 9.17) is 0 Å². The fraction of sp³-hybridized carbons (Fsp3) is 0.600. The molecule has 5 nitrogen and oxygen atoms in total. The van der Waals surface area contributed by atoms with Gasteiger partial charge in [-0.05, 0) is 30.9 Å². The lowest BCUT2D eigenvalue weighted by Crippen LogP contribution is -2.41. The summed E-state index contributed by atoms with van der Waals surface area (Å²) in [5.41, 5.74) is 0.437. The standard InChI is InChI=1S/C15H17F6N3O2/c16-14(17,18)8-26-12-5-9(3-4-22-12)7-23-13(25)24-11-2-1-10(6-11)15(19,20)21/h3-5,10-11H,1-2,6-8H2,(H2,23,24,25)/t10-,11+/m0/s1. The summed E-state index contributed by atoms with van der Waals surface area (Å²) >= 11 is 0. The maximum atomic E-state index is 12.6. The number of aromatic nitrogens is 1. The average molecular weight is 385 g/mol. The van der Waals surface area contributed by atoms with Crippen molar-refractivity contribution in [1.82, 2.24) is 15.6 Å². The van der Waals surface area contributed by atoms with Gasteiger partial charge >= 0.3 is 18.4 Å². The molecule has 1 aliphatic rings. The third-order valence-electron chi connectivity index (χ3n) is 3.87. The zero-order chi connectivity index (χ0) is 19.4. The lowest BCUT2D eigenvalue weighted by atomic mass is 10.1. The van der Waals surface area contributed by atoms with Crippen LogP contribution in [0.5, 0.6) is 5.88 Å². The number of rotatable bonds is 5. The third kappa shape index (κ3) is 6.60. The van der Waals surface area contributed by atoms with E-state index >= 15 is 0 Å². The first-order chi connectivity index (χ1) is 12.0. The maximum Gasteiger partial charge on any atom is 0.422 e. The van der Waals surface area contributed by atoms with E-state index in [1.807, 2.05) is 0 Å². The summed E-state index contributed by atoms with van der Waals surface area (Å²) in [5, 5.41) is 4.91. The molecule has 0 unspecified atom stereocenters. The van der Waals surface area contributed by atoms with E-state index in [-0.39, 0.29) is 31.7 Å². The number of alkyl halides is 6. The number of amides is 2. The van der Waals surface area contributed by atoms with Gasteiger partial charge in [-0.2, -0.15) is 26.3 Å². The van der Waals surface area contributed by atoms with Gasteiger partial charge in [0.05, 0.1) is 5.92 Å². The first kappa shape index (κ1) is 20.1. The van der Waals surface area contributed by atoms with E-state index in [1.165, 1.54) is 18.3 Å². The number of pyridine rings is 1. The normalized spacial score (nSPS) is 20.7. The van der Waals surface area contributed by atoms with Crippen LogP contribution >= 0.6 is 0 Å². The molecule has 2 atom stereocenters. The van der Waals surface area contributed by atoms with Crippen molar-refractivity contribution in [1.29, 1.82) is 0 Å². The smallest absolute Gasteiger partial charge is 0.422 e. The van der Waals surface area contributed by atoms with Gasteiger partial charge in [0, 0.05) is 24.8 Å². The zero-order valence-corrected chi connectivity index (χ0v) is 13.5. The van der Waals surface area contributed by atoms with Crippen LogP contribution in [0, 0.1) is 5.92 Å². The number of halogens is 6. The molecule has 2 rings (SSSR count). The first-order valence-corrected chi connectivity index (χ1v) is 7.78. The monoisotopic (exact) mass is 385 g/mol. The largest absolute Gasteiger partial charge is 0.468 e. The fourth-order valence-electron chi connectivity index (χ4n) is 2.62. The van der Waals surface area contributed by atoms with Crippen molar-refractivity contribution in [2.45, 2.75) is 44.2 Å². The van der Waals surface area contributed by atoms with Gasteiger partial charge < -0.3 is 15.4 Å².